The lowest BCUT2D eigenvalue weighted by Crippen LogP contribution is -2.07. The van der Waals surface area contributed by atoms with Gasteiger partial charge in [0, 0.05) is 10.5 Å². The average Bonchev–Trinajstić information content (AvgIpc) is 2.39. The second-order valence-electron chi connectivity index (χ2n) is 3.29. The number of hydrogen-bond acceptors (Lipinski definition) is 3. The highest BCUT2D eigenvalue weighted by Gasteiger charge is 2.02. The van der Waals surface area contributed by atoms with Gasteiger partial charge in [0.2, 0.25) is 0 Å². The Morgan fingerprint density at radius 3 is 2.31 bits per heavy atom. The molecule has 4 heteroatoms. The molecule has 16 heavy (non-hydrogen) atoms. The minimum Gasteiger partial charge on any atom is -0.324 e. The molecule has 0 unspecified atom stereocenters. The molecular weight excluding hydrogens is 240 g/mol. The molecule has 2 nitrogen and oxygen atoms in total. The fourth-order valence-corrected chi connectivity index (χ4v) is 2.09. The van der Waals surface area contributed by atoms with Crippen molar-refractivity contribution in [2.75, 3.05) is 5.43 Å². The summed E-state index contributed by atoms with van der Waals surface area (Å²) in [6.07, 6.45) is 0. The van der Waals surface area contributed by atoms with Crippen molar-refractivity contribution < 1.29 is 0 Å². The van der Waals surface area contributed by atoms with Crippen molar-refractivity contribution in [2.45, 2.75) is 4.90 Å². The Bertz CT molecular complexity index is 471. The number of anilines is 1. The summed E-state index contributed by atoms with van der Waals surface area (Å²) in [7, 11) is 6.88. The van der Waals surface area contributed by atoms with Crippen LogP contribution in [0.5, 0.6) is 0 Å². The first kappa shape index (κ1) is 11.3. The van der Waals surface area contributed by atoms with Gasteiger partial charge in [-0.2, -0.15) is 0 Å². The van der Waals surface area contributed by atoms with E-state index in [0.717, 1.165) is 21.7 Å². The van der Waals surface area contributed by atoms with Crippen molar-refractivity contribution in [3.8, 4) is 11.1 Å². The van der Waals surface area contributed by atoms with Gasteiger partial charge in [0.1, 0.15) is 0 Å². The van der Waals surface area contributed by atoms with E-state index < -0.39 is 0 Å². The monoisotopic (exact) mass is 250 g/mol. The summed E-state index contributed by atoms with van der Waals surface area (Å²) >= 11 is 0. The molecule has 0 amide bonds. The van der Waals surface area contributed by atoms with Crippen molar-refractivity contribution in [2.24, 2.45) is 5.84 Å². The van der Waals surface area contributed by atoms with Gasteiger partial charge in [0.15, 0.2) is 0 Å². The molecule has 2 aromatic rings. The third-order valence-electron chi connectivity index (χ3n) is 2.34. The molecule has 0 aliphatic heterocycles. The second-order valence-corrected chi connectivity index (χ2v) is 4.38. The number of rotatable bonds is 3. The zero-order chi connectivity index (χ0) is 11.4. The Kier molecular flexibility index (Phi) is 3.72. The van der Waals surface area contributed by atoms with Gasteiger partial charge in [0.05, 0.1) is 5.69 Å². The molecular formula is C12H11ClN2S. The predicted molar refractivity (Wildman–Crippen MR) is 71.4 cm³/mol. The molecule has 82 valence electrons. The number of nitrogen functional groups attached to an aromatic ring is 1. The van der Waals surface area contributed by atoms with Crippen molar-refractivity contribution in [1.29, 1.82) is 0 Å². The highest BCUT2D eigenvalue weighted by atomic mass is 35.7. The molecule has 0 radical (unpaired) electrons. The largest absolute Gasteiger partial charge is 0.324 e. The number of halogens is 1. The van der Waals surface area contributed by atoms with Gasteiger partial charge >= 0.3 is 0 Å². The van der Waals surface area contributed by atoms with Crippen LogP contribution in [-0.2, 0) is 0 Å². The van der Waals surface area contributed by atoms with Gasteiger partial charge in [-0.25, -0.2) is 0 Å². The van der Waals surface area contributed by atoms with Crippen molar-refractivity contribution >= 4 is 27.3 Å². The Balaban J connectivity index is 2.42. The molecule has 2 aromatic carbocycles. The lowest BCUT2D eigenvalue weighted by Gasteiger charge is -2.08. The molecule has 0 saturated carbocycles. The minimum absolute atomic E-state index is 0.911. The summed E-state index contributed by atoms with van der Waals surface area (Å²) in [6.45, 7) is 0. The number of hydrogen-bond donors (Lipinski definition) is 2. The van der Waals surface area contributed by atoms with Crippen LogP contribution < -0.4 is 11.3 Å². The Morgan fingerprint density at radius 1 is 1.00 bits per heavy atom. The van der Waals surface area contributed by atoms with Crippen LogP contribution in [0, 0.1) is 0 Å². The number of hydrazine groups is 1. The van der Waals surface area contributed by atoms with E-state index in [2.05, 4.69) is 5.43 Å². The summed E-state index contributed by atoms with van der Waals surface area (Å²) in [6, 6.07) is 15.9. The molecule has 0 saturated heterocycles. The first-order valence-electron chi connectivity index (χ1n) is 4.80. The Labute approximate surface area is 103 Å². The summed E-state index contributed by atoms with van der Waals surface area (Å²) in [5.74, 6) is 5.47. The van der Waals surface area contributed by atoms with E-state index in [0.29, 0.717) is 0 Å². The highest BCUT2D eigenvalue weighted by molar-refractivity contribution is 8.21. The SMILES string of the molecule is NNc1ccccc1-c1ccc(SCl)cc1. The molecule has 2 rings (SSSR count). The number of nitrogens with one attached hydrogen (secondary N) is 1. The smallest absolute Gasteiger partial charge is 0.0563 e. The lowest BCUT2D eigenvalue weighted by molar-refractivity contribution is 1.35. The number of nitrogens with two attached hydrogens (primary N) is 1. The summed E-state index contributed by atoms with van der Waals surface area (Å²) in [4.78, 5) is 1.03. The van der Waals surface area contributed by atoms with E-state index in [4.69, 9.17) is 16.5 Å². The van der Waals surface area contributed by atoms with Crippen LogP contribution in [0.3, 0.4) is 0 Å². The first-order valence-corrected chi connectivity index (χ1v) is 6.44. The van der Waals surface area contributed by atoms with Gasteiger partial charge in [0.25, 0.3) is 0 Å². The molecule has 0 aliphatic carbocycles. The quantitative estimate of drug-likeness (QED) is 0.641. The van der Waals surface area contributed by atoms with Crippen molar-refractivity contribution in [3.05, 3.63) is 48.5 Å². The van der Waals surface area contributed by atoms with Crippen molar-refractivity contribution in [3.63, 3.8) is 0 Å². The summed E-state index contributed by atoms with van der Waals surface area (Å²) in [5, 5.41) is 0. The Hall–Kier alpha value is -1.16. The summed E-state index contributed by atoms with van der Waals surface area (Å²) < 4.78 is 0. The molecule has 0 aromatic heterocycles. The molecule has 0 spiro atoms. The van der Waals surface area contributed by atoms with Crippen LogP contribution in [-0.4, -0.2) is 0 Å². The number of para-hydroxylation sites is 1. The van der Waals surface area contributed by atoms with Crippen LogP contribution >= 0.6 is 21.7 Å². The van der Waals surface area contributed by atoms with Crippen molar-refractivity contribution in [1.82, 2.24) is 0 Å². The zero-order valence-electron chi connectivity index (χ0n) is 8.48. The maximum absolute atomic E-state index is 5.67. The topological polar surface area (TPSA) is 38.0 Å². The minimum atomic E-state index is 0.911. The second kappa shape index (κ2) is 5.25. The highest BCUT2D eigenvalue weighted by Crippen LogP contribution is 2.29. The lowest BCUT2D eigenvalue weighted by atomic mass is 10.0. The van der Waals surface area contributed by atoms with Gasteiger partial charge < -0.3 is 5.43 Å². The van der Waals surface area contributed by atoms with Gasteiger partial charge in [-0.1, -0.05) is 30.3 Å². The standard InChI is InChI=1S/C12H11ClN2S/c13-16-10-7-5-9(6-8-10)11-3-1-2-4-12(11)15-14/h1-8,15H,14H2. The summed E-state index contributed by atoms with van der Waals surface area (Å²) in [5.41, 5.74) is 5.80. The molecule has 0 bridgehead atoms. The van der Waals surface area contributed by atoms with Crippen LogP contribution in [0.1, 0.15) is 0 Å². The van der Waals surface area contributed by atoms with E-state index in [9.17, 15) is 0 Å². The zero-order valence-corrected chi connectivity index (χ0v) is 10.1. The van der Waals surface area contributed by atoms with Gasteiger partial charge in [-0.15, -0.1) is 0 Å². The van der Waals surface area contributed by atoms with E-state index in [1.165, 1.54) is 11.0 Å². The first-order chi connectivity index (χ1) is 7.85. The van der Waals surface area contributed by atoms with Gasteiger partial charge in [-0.3, -0.25) is 5.84 Å². The maximum Gasteiger partial charge on any atom is 0.0563 e. The molecule has 3 N–H and O–H groups in total. The maximum atomic E-state index is 5.67. The van der Waals surface area contributed by atoms with Crippen LogP contribution in [0.25, 0.3) is 11.1 Å². The average molecular weight is 251 g/mol. The van der Waals surface area contributed by atoms with E-state index in [1.54, 1.807) is 0 Å². The predicted octanol–water partition coefficient (Wildman–Crippen LogP) is 3.89. The third-order valence-corrected chi connectivity index (χ3v) is 3.32. The third kappa shape index (κ3) is 2.32. The van der Waals surface area contributed by atoms with E-state index >= 15 is 0 Å². The van der Waals surface area contributed by atoms with Crippen LogP contribution in [0.4, 0.5) is 5.69 Å². The normalized spacial score (nSPS) is 10.1. The molecule has 0 fully saturated rings. The van der Waals surface area contributed by atoms with E-state index in [-0.39, 0.29) is 0 Å². The van der Waals surface area contributed by atoms with Crippen LogP contribution in [0.2, 0.25) is 0 Å². The molecule has 0 atom stereocenters. The molecule has 0 heterocycles. The molecule has 0 aliphatic rings. The van der Waals surface area contributed by atoms with Crippen LogP contribution in [0.15, 0.2) is 53.4 Å². The Morgan fingerprint density at radius 2 is 1.69 bits per heavy atom. The van der Waals surface area contributed by atoms with E-state index in [1.807, 2.05) is 48.5 Å². The fourth-order valence-electron chi connectivity index (χ4n) is 1.55. The fraction of sp³-hybridized carbons (Fsp3) is 0. The number of benzene rings is 2. The van der Waals surface area contributed by atoms with Gasteiger partial charge in [-0.05, 0) is 45.4 Å².